The van der Waals surface area contributed by atoms with Crippen LogP contribution < -0.4 is 10.6 Å². The lowest BCUT2D eigenvalue weighted by Gasteiger charge is -2.15. The summed E-state index contributed by atoms with van der Waals surface area (Å²) in [6, 6.07) is 3.33. The molecule has 1 aromatic heterocycles. The Balaban J connectivity index is 2.01. The largest absolute Gasteiger partial charge is 0.360 e. The average molecular weight is 281 g/mol. The van der Waals surface area contributed by atoms with Crippen molar-refractivity contribution in [3.8, 4) is 0 Å². The van der Waals surface area contributed by atoms with Crippen LogP contribution in [0.4, 0.5) is 19.4 Å². The fourth-order valence-corrected chi connectivity index (χ4v) is 1.70. The molecule has 7 heteroatoms. The van der Waals surface area contributed by atoms with Crippen LogP contribution >= 0.6 is 0 Å². The molecule has 0 unspecified atom stereocenters. The maximum Gasteiger partial charge on any atom is 0.320 e. The topological polar surface area (TPSA) is 67.2 Å². The van der Waals surface area contributed by atoms with Crippen LogP contribution in [0, 0.1) is 18.6 Å². The van der Waals surface area contributed by atoms with Crippen LogP contribution in [0.15, 0.2) is 28.8 Å². The minimum Gasteiger partial charge on any atom is -0.360 e. The van der Waals surface area contributed by atoms with Crippen molar-refractivity contribution in [2.45, 2.75) is 19.9 Å². The van der Waals surface area contributed by atoms with Gasteiger partial charge in [0.1, 0.15) is 17.4 Å². The lowest BCUT2D eigenvalue weighted by Crippen LogP contribution is -2.31. The SMILES string of the molecule is Cc1cc(NC(=O)N[C@@H](C)c2cc(F)ccc2F)no1. The number of benzene rings is 1. The van der Waals surface area contributed by atoms with E-state index >= 15 is 0 Å². The number of hydrogen-bond acceptors (Lipinski definition) is 3. The van der Waals surface area contributed by atoms with Crippen LogP contribution in [0.3, 0.4) is 0 Å². The molecule has 0 fully saturated rings. The van der Waals surface area contributed by atoms with E-state index in [1.165, 1.54) is 6.07 Å². The molecule has 20 heavy (non-hydrogen) atoms. The lowest BCUT2D eigenvalue weighted by atomic mass is 10.1. The van der Waals surface area contributed by atoms with Crippen molar-refractivity contribution in [1.82, 2.24) is 10.5 Å². The molecule has 0 saturated heterocycles. The maximum atomic E-state index is 13.5. The molecule has 2 rings (SSSR count). The van der Waals surface area contributed by atoms with E-state index in [9.17, 15) is 13.6 Å². The van der Waals surface area contributed by atoms with E-state index in [-0.39, 0.29) is 11.4 Å². The number of amides is 2. The lowest BCUT2D eigenvalue weighted by molar-refractivity contribution is 0.249. The first-order valence-electron chi connectivity index (χ1n) is 5.91. The summed E-state index contributed by atoms with van der Waals surface area (Å²) in [5.41, 5.74) is 0.0662. The molecular formula is C13H13F2N3O2. The number of aromatic nitrogens is 1. The van der Waals surface area contributed by atoms with Crippen LogP contribution in [0.25, 0.3) is 0 Å². The highest BCUT2D eigenvalue weighted by atomic mass is 19.1. The van der Waals surface area contributed by atoms with E-state index in [2.05, 4.69) is 15.8 Å². The van der Waals surface area contributed by atoms with Gasteiger partial charge in [0.05, 0.1) is 6.04 Å². The van der Waals surface area contributed by atoms with Crippen molar-refractivity contribution in [2.75, 3.05) is 5.32 Å². The zero-order valence-corrected chi connectivity index (χ0v) is 10.9. The molecule has 2 amide bonds. The predicted molar refractivity (Wildman–Crippen MR) is 68.2 cm³/mol. The summed E-state index contributed by atoms with van der Waals surface area (Å²) in [4.78, 5) is 11.7. The molecule has 0 spiro atoms. The van der Waals surface area contributed by atoms with Gasteiger partial charge in [-0.2, -0.15) is 0 Å². The van der Waals surface area contributed by atoms with Gasteiger partial charge in [-0.1, -0.05) is 5.16 Å². The minimum atomic E-state index is -0.696. The Kier molecular flexibility index (Phi) is 3.97. The summed E-state index contributed by atoms with van der Waals surface area (Å²) in [5, 5.41) is 8.50. The number of anilines is 1. The van der Waals surface area contributed by atoms with E-state index < -0.39 is 23.7 Å². The zero-order chi connectivity index (χ0) is 14.7. The van der Waals surface area contributed by atoms with Gasteiger partial charge in [-0.05, 0) is 32.0 Å². The van der Waals surface area contributed by atoms with Gasteiger partial charge in [0.25, 0.3) is 0 Å². The van der Waals surface area contributed by atoms with Crippen molar-refractivity contribution >= 4 is 11.8 Å². The Morgan fingerprint density at radius 2 is 2.10 bits per heavy atom. The number of nitrogens with zero attached hydrogens (tertiary/aromatic N) is 1. The summed E-state index contributed by atoms with van der Waals surface area (Å²) in [7, 11) is 0. The summed E-state index contributed by atoms with van der Waals surface area (Å²) < 4.78 is 31.4. The normalized spacial score (nSPS) is 12.0. The van der Waals surface area contributed by atoms with Crippen molar-refractivity contribution in [3.05, 3.63) is 47.2 Å². The van der Waals surface area contributed by atoms with E-state index in [0.29, 0.717) is 5.76 Å². The number of nitrogens with one attached hydrogen (secondary N) is 2. The monoisotopic (exact) mass is 281 g/mol. The predicted octanol–water partition coefficient (Wildman–Crippen LogP) is 3.14. The summed E-state index contributed by atoms with van der Waals surface area (Å²) in [6.45, 7) is 3.23. The second-order valence-corrected chi connectivity index (χ2v) is 4.31. The highest BCUT2D eigenvalue weighted by molar-refractivity contribution is 5.88. The Hall–Kier alpha value is -2.44. The molecule has 0 aliphatic heterocycles. The maximum absolute atomic E-state index is 13.5. The van der Waals surface area contributed by atoms with Crippen LogP contribution in [0.2, 0.25) is 0 Å². The fourth-order valence-electron chi connectivity index (χ4n) is 1.70. The molecule has 5 nitrogen and oxygen atoms in total. The number of hydrogen-bond donors (Lipinski definition) is 2. The number of urea groups is 1. The number of carbonyl (C=O) groups excluding carboxylic acids is 1. The Labute approximate surface area is 114 Å². The van der Waals surface area contributed by atoms with Crippen LogP contribution in [0.5, 0.6) is 0 Å². The summed E-state index contributed by atoms with van der Waals surface area (Å²) >= 11 is 0. The molecule has 0 saturated carbocycles. The minimum absolute atomic E-state index is 0.0662. The smallest absolute Gasteiger partial charge is 0.320 e. The second-order valence-electron chi connectivity index (χ2n) is 4.31. The molecule has 2 N–H and O–H groups in total. The Morgan fingerprint density at radius 1 is 1.35 bits per heavy atom. The van der Waals surface area contributed by atoms with Crippen LogP contribution in [-0.2, 0) is 0 Å². The van der Waals surface area contributed by atoms with Crippen LogP contribution in [-0.4, -0.2) is 11.2 Å². The summed E-state index contributed by atoms with van der Waals surface area (Å²) in [5.74, 6) is -0.365. The highest BCUT2D eigenvalue weighted by Gasteiger charge is 2.15. The molecule has 1 heterocycles. The number of carbonyl (C=O) groups is 1. The zero-order valence-electron chi connectivity index (χ0n) is 10.9. The van der Waals surface area contributed by atoms with Gasteiger partial charge < -0.3 is 9.84 Å². The first-order chi connectivity index (χ1) is 9.45. The van der Waals surface area contributed by atoms with Gasteiger partial charge in [0, 0.05) is 11.6 Å². The first-order valence-corrected chi connectivity index (χ1v) is 5.91. The van der Waals surface area contributed by atoms with Crippen molar-refractivity contribution < 1.29 is 18.1 Å². The average Bonchev–Trinajstić information content (AvgIpc) is 2.77. The molecule has 1 atom stereocenters. The van der Waals surface area contributed by atoms with Gasteiger partial charge in [-0.25, -0.2) is 13.6 Å². The molecule has 1 aromatic carbocycles. The number of aryl methyl sites for hydroxylation is 1. The van der Waals surface area contributed by atoms with Gasteiger partial charge in [-0.3, -0.25) is 5.32 Å². The fraction of sp³-hybridized carbons (Fsp3) is 0.231. The molecular weight excluding hydrogens is 268 g/mol. The third kappa shape index (κ3) is 3.31. The third-order valence-corrected chi connectivity index (χ3v) is 2.64. The van der Waals surface area contributed by atoms with E-state index in [1.54, 1.807) is 13.8 Å². The molecule has 0 aliphatic carbocycles. The highest BCUT2D eigenvalue weighted by Crippen LogP contribution is 2.18. The number of rotatable bonds is 3. The first kappa shape index (κ1) is 14.0. The van der Waals surface area contributed by atoms with Gasteiger partial charge in [-0.15, -0.1) is 0 Å². The third-order valence-electron chi connectivity index (χ3n) is 2.64. The van der Waals surface area contributed by atoms with Crippen molar-refractivity contribution in [1.29, 1.82) is 0 Å². The van der Waals surface area contributed by atoms with E-state index in [1.807, 2.05) is 0 Å². The molecule has 2 aromatic rings. The quantitative estimate of drug-likeness (QED) is 0.908. The van der Waals surface area contributed by atoms with Crippen LogP contribution in [0.1, 0.15) is 24.3 Å². The van der Waals surface area contributed by atoms with E-state index in [4.69, 9.17) is 4.52 Å². The van der Waals surface area contributed by atoms with Gasteiger partial charge in [0.15, 0.2) is 5.82 Å². The van der Waals surface area contributed by atoms with E-state index in [0.717, 1.165) is 18.2 Å². The standard InChI is InChI=1S/C13H13F2N3O2/c1-7-5-12(18-20-7)17-13(19)16-8(2)10-6-9(14)3-4-11(10)15/h3-6,8H,1-2H3,(H2,16,17,18,19)/t8-/m0/s1. The number of halogens is 2. The van der Waals surface area contributed by atoms with Gasteiger partial charge >= 0.3 is 6.03 Å². The second kappa shape index (κ2) is 5.68. The Morgan fingerprint density at radius 3 is 2.75 bits per heavy atom. The molecule has 0 radical (unpaired) electrons. The van der Waals surface area contributed by atoms with Crippen molar-refractivity contribution in [2.24, 2.45) is 0 Å². The van der Waals surface area contributed by atoms with Crippen molar-refractivity contribution in [3.63, 3.8) is 0 Å². The summed E-state index contributed by atoms with van der Waals surface area (Å²) in [6.07, 6.45) is 0. The van der Waals surface area contributed by atoms with Gasteiger partial charge in [0.2, 0.25) is 0 Å². The Bertz CT molecular complexity index is 628. The molecule has 0 aliphatic rings. The molecule has 106 valence electrons. The molecule has 0 bridgehead atoms.